The van der Waals surface area contributed by atoms with Crippen LogP contribution in [0, 0.1) is 17.2 Å². The zero-order valence-electron chi connectivity index (χ0n) is 28.0. The van der Waals surface area contributed by atoms with Crippen molar-refractivity contribution in [3.63, 3.8) is 0 Å². The van der Waals surface area contributed by atoms with E-state index in [4.69, 9.17) is 10.3 Å². The third kappa shape index (κ3) is 17.1. The predicted molar refractivity (Wildman–Crippen MR) is 181 cm³/mol. The van der Waals surface area contributed by atoms with Gasteiger partial charge in [0.25, 0.3) is 0 Å². The Morgan fingerprint density at radius 1 is 0.975 bits per heavy atom. The van der Waals surface area contributed by atoms with E-state index >= 15 is 0 Å². The van der Waals surface area contributed by atoms with E-state index < -0.39 is 0 Å². The fourth-order valence-electron chi connectivity index (χ4n) is 4.31. The van der Waals surface area contributed by atoms with Crippen LogP contribution in [0.15, 0.2) is 75.6 Å². The van der Waals surface area contributed by atoms with Gasteiger partial charge in [-0.2, -0.15) is 5.26 Å². The summed E-state index contributed by atoms with van der Waals surface area (Å²) in [6.07, 6.45) is 21.1. The van der Waals surface area contributed by atoms with Crippen molar-refractivity contribution >= 4 is 5.71 Å². The third-order valence-corrected chi connectivity index (χ3v) is 6.36. The van der Waals surface area contributed by atoms with Crippen molar-refractivity contribution in [3.8, 4) is 6.07 Å². The van der Waals surface area contributed by atoms with Crippen LogP contribution in [0.3, 0.4) is 0 Å². The maximum Gasteiger partial charge on any atom is 0.0991 e. The van der Waals surface area contributed by atoms with Crippen LogP contribution in [0.1, 0.15) is 115 Å². The average Bonchev–Trinajstić information content (AvgIpc) is 3.83. The highest BCUT2D eigenvalue weighted by Gasteiger charge is 2.30. The largest absolute Gasteiger partial charge is 0.372 e. The summed E-state index contributed by atoms with van der Waals surface area (Å²) in [7, 11) is 0. The number of nitrogens with one attached hydrogen (secondary N) is 1. The van der Waals surface area contributed by atoms with Gasteiger partial charge in [-0.1, -0.05) is 84.8 Å². The molecule has 1 saturated carbocycles. The number of nitrogens with zero attached hydrogens (tertiary/aromatic N) is 3. The van der Waals surface area contributed by atoms with Crippen molar-refractivity contribution in [2.45, 2.75) is 115 Å². The van der Waals surface area contributed by atoms with Crippen LogP contribution in [-0.2, 0) is 0 Å². The lowest BCUT2D eigenvalue weighted by Gasteiger charge is -2.32. The Morgan fingerprint density at radius 2 is 1.57 bits per heavy atom. The minimum atomic E-state index is 0.737. The number of rotatable bonds is 11. The molecule has 1 aliphatic heterocycles. The van der Waals surface area contributed by atoms with Crippen molar-refractivity contribution in [1.82, 2.24) is 10.2 Å². The second-order valence-electron chi connectivity index (χ2n) is 9.53. The number of aliphatic imine (C=N–C) groups is 1. The highest BCUT2D eigenvalue weighted by molar-refractivity contribution is 6.03. The van der Waals surface area contributed by atoms with Crippen LogP contribution in [0.2, 0.25) is 0 Å². The van der Waals surface area contributed by atoms with E-state index in [0.717, 1.165) is 69.1 Å². The molecule has 1 saturated heterocycles. The van der Waals surface area contributed by atoms with Crippen LogP contribution in [0.5, 0.6) is 0 Å². The lowest BCUT2D eigenvalue weighted by molar-refractivity contribution is 0.298. The summed E-state index contributed by atoms with van der Waals surface area (Å²) in [5.41, 5.74) is 7.44. The van der Waals surface area contributed by atoms with E-state index in [9.17, 15) is 0 Å². The first-order chi connectivity index (χ1) is 19.4. The minimum Gasteiger partial charge on any atom is -0.372 e. The van der Waals surface area contributed by atoms with Crippen LogP contribution in [0.25, 0.3) is 0 Å². The lowest BCUT2D eigenvalue weighted by atomic mass is 9.95. The SMILES string of the molecule is CC.CC.CC/C=C/C=C(C#N)\C=C(/C)CCC.C\C=C(C(/C(C)=N/C=C/CC)=C(/C)N1CCNCC1)\C1CC1. The quantitative estimate of drug-likeness (QED) is 0.158. The van der Waals surface area contributed by atoms with E-state index in [1.165, 1.54) is 35.3 Å². The van der Waals surface area contributed by atoms with Gasteiger partial charge in [-0.15, -0.1) is 0 Å². The zero-order valence-corrected chi connectivity index (χ0v) is 28.0. The Morgan fingerprint density at radius 3 is 2.05 bits per heavy atom. The second-order valence-corrected chi connectivity index (χ2v) is 9.53. The van der Waals surface area contributed by atoms with Crippen molar-refractivity contribution in [1.29, 1.82) is 5.26 Å². The molecule has 0 unspecified atom stereocenters. The molecule has 2 fully saturated rings. The molecule has 0 amide bonds. The summed E-state index contributed by atoms with van der Waals surface area (Å²) >= 11 is 0. The van der Waals surface area contributed by atoms with Crippen molar-refractivity contribution in [2.75, 3.05) is 26.2 Å². The lowest BCUT2D eigenvalue weighted by Crippen LogP contribution is -2.43. The standard InChI is InChI=1S/C19H31N3.C13H19N.2C2H6/c1-5-7-10-21-15(3)19(18(6-2)17-8-9-17)16(4)22-13-11-20-12-14-22;1-4-6-7-9-13(11-14)10-12(3)8-5-2;2*1-2/h6-7,10,17,20H,5,8-9,11-14H2,1-4H3;6-7,9-10H,4-5,8H2,1-3H3;2*1-2H3/b10-7+,18-6-,19-16-,21-15+;7-6+,12-10+,13-9+;;. The van der Waals surface area contributed by atoms with Gasteiger partial charge in [0.2, 0.25) is 0 Å². The van der Waals surface area contributed by atoms with Gasteiger partial charge < -0.3 is 10.2 Å². The summed E-state index contributed by atoms with van der Waals surface area (Å²) in [5, 5.41) is 12.3. The van der Waals surface area contributed by atoms with E-state index in [1.807, 2.05) is 58.2 Å². The van der Waals surface area contributed by atoms with Gasteiger partial charge in [0, 0.05) is 49.4 Å². The number of allylic oxidation sites excluding steroid dienone is 11. The van der Waals surface area contributed by atoms with E-state index in [-0.39, 0.29) is 0 Å². The molecule has 226 valence electrons. The average molecular weight is 551 g/mol. The number of nitriles is 1. The normalized spacial score (nSPS) is 17.2. The van der Waals surface area contributed by atoms with E-state index in [1.54, 1.807) is 0 Å². The molecular weight excluding hydrogens is 488 g/mol. The fraction of sp³-hybridized carbons (Fsp3) is 0.611. The monoisotopic (exact) mass is 550 g/mol. The molecule has 4 nitrogen and oxygen atoms in total. The topological polar surface area (TPSA) is 51.4 Å². The molecule has 40 heavy (non-hydrogen) atoms. The Bertz CT molecular complexity index is 909. The first kappa shape index (κ1) is 39.5. The summed E-state index contributed by atoms with van der Waals surface area (Å²) in [6.45, 7) is 27.4. The molecule has 0 bridgehead atoms. The highest BCUT2D eigenvalue weighted by atomic mass is 15.2. The Hall–Kier alpha value is -2.64. The van der Waals surface area contributed by atoms with Gasteiger partial charge in [0.1, 0.15) is 0 Å². The fourth-order valence-corrected chi connectivity index (χ4v) is 4.31. The molecule has 1 aliphatic carbocycles. The molecule has 4 heteroatoms. The zero-order chi connectivity index (χ0) is 30.8. The molecular formula is C36H62N4. The van der Waals surface area contributed by atoms with E-state index in [0.29, 0.717) is 0 Å². The number of hydrogen-bond donors (Lipinski definition) is 1. The maximum absolute atomic E-state index is 8.85. The first-order valence-electron chi connectivity index (χ1n) is 15.9. The summed E-state index contributed by atoms with van der Waals surface area (Å²) < 4.78 is 0. The first-order valence-corrected chi connectivity index (χ1v) is 15.9. The van der Waals surface area contributed by atoms with Crippen LogP contribution >= 0.6 is 0 Å². The molecule has 0 spiro atoms. The third-order valence-electron chi connectivity index (χ3n) is 6.36. The molecule has 1 heterocycles. The van der Waals surface area contributed by atoms with Crippen molar-refractivity contribution < 1.29 is 0 Å². The Balaban J connectivity index is 0. The highest BCUT2D eigenvalue weighted by Crippen LogP contribution is 2.41. The predicted octanol–water partition coefficient (Wildman–Crippen LogP) is 10.1. The summed E-state index contributed by atoms with van der Waals surface area (Å²) in [6, 6.07) is 2.18. The summed E-state index contributed by atoms with van der Waals surface area (Å²) in [4.78, 5) is 7.22. The molecule has 0 aromatic heterocycles. The summed E-state index contributed by atoms with van der Waals surface area (Å²) in [5.74, 6) is 0.748. The van der Waals surface area contributed by atoms with Gasteiger partial charge >= 0.3 is 0 Å². The molecule has 2 aliphatic rings. The number of hydrogen-bond acceptors (Lipinski definition) is 4. The second kappa shape index (κ2) is 26.6. The van der Waals surface area contributed by atoms with Crippen LogP contribution in [-0.4, -0.2) is 36.8 Å². The molecule has 2 rings (SSSR count). The maximum atomic E-state index is 8.85. The smallest absolute Gasteiger partial charge is 0.0991 e. The van der Waals surface area contributed by atoms with Crippen LogP contribution in [0.4, 0.5) is 0 Å². The molecule has 0 aromatic rings. The number of piperazine rings is 1. The minimum absolute atomic E-state index is 0.737. The van der Waals surface area contributed by atoms with Gasteiger partial charge in [-0.3, -0.25) is 4.99 Å². The Labute approximate surface area is 249 Å². The van der Waals surface area contributed by atoms with Gasteiger partial charge in [-0.25, -0.2) is 0 Å². The molecule has 1 N–H and O–H groups in total. The van der Waals surface area contributed by atoms with Gasteiger partial charge in [0.05, 0.1) is 11.6 Å². The van der Waals surface area contributed by atoms with Crippen molar-refractivity contribution in [3.05, 3.63) is 70.6 Å². The van der Waals surface area contributed by atoms with Gasteiger partial charge in [-0.05, 0) is 83.4 Å². The Kier molecular flexibility index (Phi) is 26.2. The molecule has 0 atom stereocenters. The van der Waals surface area contributed by atoms with Gasteiger partial charge in [0.15, 0.2) is 0 Å². The van der Waals surface area contributed by atoms with Crippen LogP contribution < -0.4 is 5.32 Å². The van der Waals surface area contributed by atoms with E-state index in [2.05, 4.69) is 76.9 Å². The molecule has 0 aromatic carbocycles. The van der Waals surface area contributed by atoms with Crippen molar-refractivity contribution in [2.24, 2.45) is 10.9 Å². The molecule has 0 radical (unpaired) electrons.